The van der Waals surface area contributed by atoms with Crippen molar-refractivity contribution in [3.63, 3.8) is 0 Å². The molecule has 98 valence electrons. The molecule has 1 aromatic heterocycles. The predicted octanol–water partition coefficient (Wildman–Crippen LogP) is 5.14. The first-order valence-electron chi connectivity index (χ1n) is 7.22. The number of aromatic nitrogens is 1. The van der Waals surface area contributed by atoms with Crippen LogP contribution in [0.1, 0.15) is 82.0 Å². The molecule has 1 heteroatoms. The molecule has 17 heavy (non-hydrogen) atoms. The topological polar surface area (TPSA) is 4.93 Å². The number of hydrogen-bond acceptors (Lipinski definition) is 0. The monoisotopic (exact) mass is 235 g/mol. The van der Waals surface area contributed by atoms with E-state index in [1.54, 1.807) is 11.3 Å². The van der Waals surface area contributed by atoms with E-state index in [0.717, 1.165) is 5.92 Å². The molecule has 0 radical (unpaired) electrons. The third kappa shape index (κ3) is 2.94. The van der Waals surface area contributed by atoms with Crippen molar-refractivity contribution < 1.29 is 0 Å². The summed E-state index contributed by atoms with van der Waals surface area (Å²) in [6.45, 7) is 11.5. The van der Waals surface area contributed by atoms with Gasteiger partial charge < -0.3 is 4.57 Å². The smallest absolute Gasteiger partial charge is 0.0240 e. The maximum absolute atomic E-state index is 2.38. The van der Waals surface area contributed by atoms with Crippen molar-refractivity contribution >= 4 is 0 Å². The fourth-order valence-electron chi connectivity index (χ4n) is 3.06. The summed E-state index contributed by atoms with van der Waals surface area (Å²) < 4.78 is 2.38. The fourth-order valence-corrected chi connectivity index (χ4v) is 3.06. The van der Waals surface area contributed by atoms with E-state index in [2.05, 4.69) is 52.4 Å². The van der Waals surface area contributed by atoms with Gasteiger partial charge in [0.2, 0.25) is 0 Å². The van der Waals surface area contributed by atoms with Gasteiger partial charge in [-0.15, -0.1) is 0 Å². The minimum Gasteiger partial charge on any atom is -0.354 e. The van der Waals surface area contributed by atoms with Gasteiger partial charge >= 0.3 is 0 Å². The molecule has 0 bridgehead atoms. The molecule has 1 heterocycles. The number of hydrogen-bond donors (Lipinski definition) is 0. The molecule has 2 unspecified atom stereocenters. The fraction of sp³-hybridized carbons (Fsp3) is 0.750. The number of aryl methyl sites for hydroxylation is 2. The molecule has 0 amide bonds. The molecule has 2 atom stereocenters. The van der Waals surface area contributed by atoms with Crippen molar-refractivity contribution in [2.24, 2.45) is 7.05 Å². The molecular formula is C16H29N. The Bertz CT molecular complexity index is 349. The van der Waals surface area contributed by atoms with Crippen LogP contribution in [0.3, 0.4) is 0 Å². The maximum atomic E-state index is 2.38. The van der Waals surface area contributed by atoms with E-state index < -0.39 is 0 Å². The molecule has 1 aromatic rings. The average molecular weight is 235 g/mol. The van der Waals surface area contributed by atoms with Crippen LogP contribution in [-0.4, -0.2) is 4.57 Å². The van der Waals surface area contributed by atoms with Gasteiger partial charge in [-0.3, -0.25) is 0 Å². The highest BCUT2D eigenvalue weighted by molar-refractivity contribution is 5.36. The molecule has 1 nitrogen and oxygen atoms in total. The van der Waals surface area contributed by atoms with Gasteiger partial charge in [0.15, 0.2) is 0 Å². The normalized spacial score (nSPS) is 14.9. The first-order chi connectivity index (χ1) is 8.06. The standard InChI is InChI=1S/C16H29N/c1-7-10-14(9-3)16-15(12(4)8-2)13(5)11-17(16)6/h11-12,14H,7-10H2,1-6H3. The molecule has 0 N–H and O–H groups in total. The molecule has 0 saturated heterocycles. The third-order valence-corrected chi connectivity index (χ3v) is 4.09. The highest BCUT2D eigenvalue weighted by Crippen LogP contribution is 2.35. The summed E-state index contributed by atoms with van der Waals surface area (Å²) in [6, 6.07) is 0. The lowest BCUT2D eigenvalue weighted by Gasteiger charge is -2.21. The Morgan fingerprint density at radius 2 is 1.82 bits per heavy atom. The van der Waals surface area contributed by atoms with E-state index in [-0.39, 0.29) is 0 Å². The Morgan fingerprint density at radius 3 is 2.29 bits per heavy atom. The second-order valence-corrected chi connectivity index (χ2v) is 5.43. The SMILES string of the molecule is CCCC(CC)c1c(C(C)CC)c(C)cn1C. The van der Waals surface area contributed by atoms with Gasteiger partial charge in [0.1, 0.15) is 0 Å². The molecule has 0 spiro atoms. The van der Waals surface area contributed by atoms with Gasteiger partial charge in [0, 0.05) is 18.9 Å². The predicted molar refractivity (Wildman–Crippen MR) is 76.8 cm³/mol. The quantitative estimate of drug-likeness (QED) is 0.643. The second-order valence-electron chi connectivity index (χ2n) is 5.43. The van der Waals surface area contributed by atoms with Crippen LogP contribution in [0.2, 0.25) is 0 Å². The van der Waals surface area contributed by atoms with Crippen molar-refractivity contribution in [1.82, 2.24) is 4.57 Å². The van der Waals surface area contributed by atoms with Gasteiger partial charge in [0.25, 0.3) is 0 Å². The second kappa shape index (κ2) is 6.28. The zero-order valence-electron chi connectivity index (χ0n) is 12.5. The van der Waals surface area contributed by atoms with E-state index in [1.807, 2.05) is 0 Å². The molecule has 0 aliphatic heterocycles. The lowest BCUT2D eigenvalue weighted by atomic mass is 9.87. The maximum Gasteiger partial charge on any atom is 0.0240 e. The van der Waals surface area contributed by atoms with Crippen molar-refractivity contribution in [2.45, 2.75) is 72.1 Å². The van der Waals surface area contributed by atoms with E-state index in [1.165, 1.54) is 31.2 Å². The minimum atomic E-state index is 0.692. The summed E-state index contributed by atoms with van der Waals surface area (Å²) in [5, 5.41) is 0. The van der Waals surface area contributed by atoms with Crippen LogP contribution in [0.15, 0.2) is 6.20 Å². The van der Waals surface area contributed by atoms with Gasteiger partial charge in [-0.25, -0.2) is 0 Å². The van der Waals surface area contributed by atoms with Crippen molar-refractivity contribution in [2.75, 3.05) is 0 Å². The van der Waals surface area contributed by atoms with Gasteiger partial charge in [-0.1, -0.05) is 34.1 Å². The van der Waals surface area contributed by atoms with Crippen LogP contribution < -0.4 is 0 Å². The molecule has 0 fully saturated rings. The number of rotatable bonds is 6. The van der Waals surface area contributed by atoms with E-state index in [4.69, 9.17) is 0 Å². The van der Waals surface area contributed by atoms with E-state index in [0.29, 0.717) is 5.92 Å². The number of nitrogens with zero attached hydrogens (tertiary/aromatic N) is 1. The summed E-state index contributed by atoms with van der Waals surface area (Å²) in [5.74, 6) is 1.43. The van der Waals surface area contributed by atoms with E-state index in [9.17, 15) is 0 Å². The van der Waals surface area contributed by atoms with Crippen LogP contribution in [0, 0.1) is 6.92 Å². The minimum absolute atomic E-state index is 0.692. The first kappa shape index (κ1) is 14.3. The zero-order valence-corrected chi connectivity index (χ0v) is 12.5. The summed E-state index contributed by atoms with van der Waals surface area (Å²) in [6.07, 6.45) is 7.41. The Balaban J connectivity index is 3.19. The van der Waals surface area contributed by atoms with E-state index >= 15 is 0 Å². The summed E-state index contributed by atoms with van der Waals surface area (Å²) >= 11 is 0. The largest absolute Gasteiger partial charge is 0.354 e. The molecule has 0 saturated carbocycles. The average Bonchev–Trinajstić information content (AvgIpc) is 2.60. The van der Waals surface area contributed by atoms with Crippen LogP contribution >= 0.6 is 0 Å². The summed E-state index contributed by atoms with van der Waals surface area (Å²) in [7, 11) is 2.21. The Hall–Kier alpha value is -0.720. The third-order valence-electron chi connectivity index (χ3n) is 4.09. The van der Waals surface area contributed by atoms with Crippen molar-refractivity contribution in [1.29, 1.82) is 0 Å². The Labute approximate surface area is 107 Å². The lowest BCUT2D eigenvalue weighted by molar-refractivity contribution is 0.548. The van der Waals surface area contributed by atoms with Gasteiger partial charge in [-0.05, 0) is 49.1 Å². The van der Waals surface area contributed by atoms with Crippen LogP contribution in [-0.2, 0) is 7.05 Å². The molecular weight excluding hydrogens is 206 g/mol. The molecule has 0 aromatic carbocycles. The molecule has 1 rings (SSSR count). The molecule has 0 aliphatic carbocycles. The van der Waals surface area contributed by atoms with Gasteiger partial charge in [0.05, 0.1) is 0 Å². The molecule has 0 aliphatic rings. The zero-order chi connectivity index (χ0) is 13.0. The Kier molecular flexibility index (Phi) is 5.30. The summed E-state index contributed by atoms with van der Waals surface area (Å²) in [4.78, 5) is 0. The van der Waals surface area contributed by atoms with Crippen molar-refractivity contribution in [3.8, 4) is 0 Å². The Morgan fingerprint density at radius 1 is 1.18 bits per heavy atom. The highest BCUT2D eigenvalue weighted by atomic mass is 14.9. The van der Waals surface area contributed by atoms with Gasteiger partial charge in [-0.2, -0.15) is 0 Å². The highest BCUT2D eigenvalue weighted by Gasteiger charge is 2.21. The van der Waals surface area contributed by atoms with Crippen LogP contribution in [0.4, 0.5) is 0 Å². The van der Waals surface area contributed by atoms with Crippen LogP contribution in [0.5, 0.6) is 0 Å². The van der Waals surface area contributed by atoms with Crippen molar-refractivity contribution in [3.05, 3.63) is 23.0 Å². The lowest BCUT2D eigenvalue weighted by Crippen LogP contribution is -2.08. The first-order valence-corrected chi connectivity index (χ1v) is 7.22. The summed E-state index contributed by atoms with van der Waals surface area (Å²) in [5.41, 5.74) is 4.70. The van der Waals surface area contributed by atoms with Crippen LogP contribution in [0.25, 0.3) is 0 Å².